The first-order chi connectivity index (χ1) is 7.99. The molecule has 0 heterocycles. The van der Waals surface area contributed by atoms with Crippen LogP contribution in [0.5, 0.6) is 0 Å². The van der Waals surface area contributed by atoms with E-state index in [1.807, 2.05) is 0 Å². The predicted octanol–water partition coefficient (Wildman–Crippen LogP) is 1.08. The third-order valence-electron chi connectivity index (χ3n) is 1.93. The highest BCUT2D eigenvalue weighted by Gasteiger charge is 2.16. The first kappa shape index (κ1) is 13.5. The standard InChI is InChI=1S/C10H10ClN3O2S/c11-9-3-1-8(2-4-9)7-14-17(15,16)10(5-12)6-13/h1-5,14H,7,12H2/b10-5+. The highest BCUT2D eigenvalue weighted by atomic mass is 35.5. The van der Waals surface area contributed by atoms with E-state index in [2.05, 4.69) is 4.72 Å². The van der Waals surface area contributed by atoms with E-state index in [0.29, 0.717) is 5.02 Å². The molecule has 0 saturated carbocycles. The second-order valence-electron chi connectivity index (χ2n) is 3.09. The first-order valence-electron chi connectivity index (χ1n) is 4.55. The van der Waals surface area contributed by atoms with Crippen molar-refractivity contribution in [1.29, 1.82) is 5.26 Å². The van der Waals surface area contributed by atoms with Crippen LogP contribution in [0.1, 0.15) is 5.56 Å². The van der Waals surface area contributed by atoms with Crippen LogP contribution in [0.15, 0.2) is 35.4 Å². The molecule has 3 N–H and O–H groups in total. The van der Waals surface area contributed by atoms with Crippen LogP contribution in [0.4, 0.5) is 0 Å². The van der Waals surface area contributed by atoms with Crippen molar-refractivity contribution < 1.29 is 8.42 Å². The molecule has 0 saturated heterocycles. The van der Waals surface area contributed by atoms with Gasteiger partial charge < -0.3 is 5.73 Å². The van der Waals surface area contributed by atoms with Gasteiger partial charge in [0.2, 0.25) is 0 Å². The summed E-state index contributed by atoms with van der Waals surface area (Å²) in [6, 6.07) is 8.17. The topological polar surface area (TPSA) is 96.0 Å². The van der Waals surface area contributed by atoms with Gasteiger partial charge in [0.15, 0.2) is 4.91 Å². The van der Waals surface area contributed by atoms with Gasteiger partial charge in [0, 0.05) is 17.8 Å². The Morgan fingerprint density at radius 1 is 1.47 bits per heavy atom. The minimum atomic E-state index is -3.84. The van der Waals surface area contributed by atoms with Gasteiger partial charge in [0.05, 0.1) is 0 Å². The maximum atomic E-state index is 11.5. The smallest absolute Gasteiger partial charge is 0.252 e. The SMILES string of the molecule is N#C/C(=C\N)S(=O)(=O)NCc1ccc(Cl)cc1. The number of sulfonamides is 1. The van der Waals surface area contributed by atoms with E-state index in [1.54, 1.807) is 24.3 Å². The molecule has 1 rings (SSSR count). The normalized spacial score (nSPS) is 12.1. The van der Waals surface area contributed by atoms with Crippen molar-refractivity contribution in [2.45, 2.75) is 6.54 Å². The van der Waals surface area contributed by atoms with Crippen LogP contribution in [-0.4, -0.2) is 8.42 Å². The third kappa shape index (κ3) is 3.75. The minimum Gasteiger partial charge on any atom is -0.403 e. The molecule has 0 atom stereocenters. The van der Waals surface area contributed by atoms with Crippen LogP contribution in [0, 0.1) is 11.3 Å². The zero-order chi connectivity index (χ0) is 12.9. The summed E-state index contributed by atoms with van der Waals surface area (Å²) >= 11 is 5.69. The van der Waals surface area contributed by atoms with E-state index in [0.717, 1.165) is 11.8 Å². The molecule has 90 valence electrons. The number of allylic oxidation sites excluding steroid dienone is 1. The molecule has 5 nitrogen and oxygen atoms in total. The molecule has 0 unspecified atom stereocenters. The number of rotatable bonds is 4. The number of hydrogen-bond donors (Lipinski definition) is 2. The summed E-state index contributed by atoms with van der Waals surface area (Å²) in [5, 5.41) is 9.13. The van der Waals surface area contributed by atoms with Crippen LogP contribution >= 0.6 is 11.6 Å². The number of hydrogen-bond acceptors (Lipinski definition) is 4. The molecule has 0 aliphatic heterocycles. The van der Waals surface area contributed by atoms with Crippen molar-refractivity contribution in [3.63, 3.8) is 0 Å². The Kier molecular flexibility index (Phi) is 4.52. The lowest BCUT2D eigenvalue weighted by molar-refractivity contribution is 0.589. The quantitative estimate of drug-likeness (QED) is 0.801. The number of halogens is 1. The Bertz CT molecular complexity index is 558. The molecule has 0 fully saturated rings. The summed E-state index contributed by atoms with van der Waals surface area (Å²) in [6.45, 7) is 0.0680. The molecular formula is C10H10ClN3O2S. The molecule has 0 aliphatic rings. The van der Waals surface area contributed by atoms with Crippen molar-refractivity contribution in [2.75, 3.05) is 0 Å². The number of nitrogens with two attached hydrogens (primary N) is 1. The molecule has 1 aromatic carbocycles. The van der Waals surface area contributed by atoms with E-state index in [9.17, 15) is 8.42 Å². The van der Waals surface area contributed by atoms with Crippen LogP contribution in [-0.2, 0) is 16.6 Å². The summed E-state index contributed by atoms with van der Waals surface area (Å²) in [7, 11) is -3.84. The lowest BCUT2D eigenvalue weighted by Gasteiger charge is -2.05. The van der Waals surface area contributed by atoms with Gasteiger partial charge in [-0.25, -0.2) is 13.1 Å². The summed E-state index contributed by atoms with van der Waals surface area (Å²) in [5.41, 5.74) is 5.77. The lowest BCUT2D eigenvalue weighted by Crippen LogP contribution is -2.24. The van der Waals surface area contributed by atoms with Crippen LogP contribution in [0.3, 0.4) is 0 Å². The highest BCUT2D eigenvalue weighted by Crippen LogP contribution is 2.10. The fraction of sp³-hybridized carbons (Fsp3) is 0.100. The molecule has 0 aromatic heterocycles. The van der Waals surface area contributed by atoms with Gasteiger partial charge >= 0.3 is 0 Å². The van der Waals surface area contributed by atoms with Gasteiger partial charge in [-0.1, -0.05) is 23.7 Å². The molecule has 0 radical (unpaired) electrons. The van der Waals surface area contributed by atoms with Crippen LogP contribution in [0.2, 0.25) is 5.02 Å². The van der Waals surface area contributed by atoms with Gasteiger partial charge in [0.1, 0.15) is 6.07 Å². The third-order valence-corrected chi connectivity index (χ3v) is 3.51. The number of benzene rings is 1. The van der Waals surface area contributed by atoms with Gasteiger partial charge in [-0.2, -0.15) is 5.26 Å². The summed E-state index contributed by atoms with van der Waals surface area (Å²) < 4.78 is 25.3. The maximum absolute atomic E-state index is 11.5. The average Bonchev–Trinajstić information content (AvgIpc) is 2.29. The Morgan fingerprint density at radius 3 is 2.53 bits per heavy atom. The molecule has 0 amide bonds. The molecule has 0 aliphatic carbocycles. The van der Waals surface area contributed by atoms with Gasteiger partial charge in [-0.05, 0) is 17.7 Å². The van der Waals surface area contributed by atoms with Gasteiger partial charge in [-0.15, -0.1) is 0 Å². The molecule has 1 aromatic rings. The van der Waals surface area contributed by atoms with Crippen molar-refractivity contribution in [1.82, 2.24) is 4.72 Å². The van der Waals surface area contributed by atoms with Crippen molar-refractivity contribution >= 4 is 21.6 Å². The van der Waals surface area contributed by atoms with E-state index >= 15 is 0 Å². The Labute approximate surface area is 105 Å². The second kappa shape index (κ2) is 5.68. The number of nitrogens with zero attached hydrogens (tertiary/aromatic N) is 1. The second-order valence-corrected chi connectivity index (χ2v) is 5.27. The van der Waals surface area contributed by atoms with Crippen molar-refractivity contribution in [2.24, 2.45) is 5.73 Å². The summed E-state index contributed by atoms with van der Waals surface area (Å²) in [6.07, 6.45) is 0.754. The van der Waals surface area contributed by atoms with E-state index in [4.69, 9.17) is 22.6 Å². The Morgan fingerprint density at radius 2 is 2.06 bits per heavy atom. The number of nitriles is 1. The minimum absolute atomic E-state index is 0.0680. The van der Waals surface area contributed by atoms with E-state index in [-0.39, 0.29) is 6.54 Å². The molecular weight excluding hydrogens is 262 g/mol. The predicted molar refractivity (Wildman–Crippen MR) is 65.1 cm³/mol. The van der Waals surface area contributed by atoms with Crippen molar-refractivity contribution in [3.8, 4) is 6.07 Å². The zero-order valence-electron chi connectivity index (χ0n) is 8.72. The largest absolute Gasteiger partial charge is 0.403 e. The van der Waals surface area contributed by atoms with Crippen LogP contribution in [0.25, 0.3) is 0 Å². The van der Waals surface area contributed by atoms with E-state index < -0.39 is 14.9 Å². The Balaban J connectivity index is 2.75. The highest BCUT2D eigenvalue weighted by molar-refractivity contribution is 7.93. The van der Waals surface area contributed by atoms with Crippen molar-refractivity contribution in [3.05, 3.63) is 46.0 Å². The van der Waals surface area contributed by atoms with E-state index in [1.165, 1.54) is 6.07 Å². The monoisotopic (exact) mass is 271 g/mol. The fourth-order valence-corrected chi connectivity index (χ4v) is 1.98. The molecule has 0 spiro atoms. The lowest BCUT2D eigenvalue weighted by atomic mass is 10.2. The zero-order valence-corrected chi connectivity index (χ0v) is 10.3. The maximum Gasteiger partial charge on any atom is 0.252 e. The first-order valence-corrected chi connectivity index (χ1v) is 6.42. The summed E-state index contributed by atoms with van der Waals surface area (Å²) in [4.78, 5) is -0.508. The Hall–Kier alpha value is -1.55. The number of nitrogens with one attached hydrogen (secondary N) is 1. The van der Waals surface area contributed by atoms with Gasteiger partial charge in [0.25, 0.3) is 10.0 Å². The molecule has 17 heavy (non-hydrogen) atoms. The average molecular weight is 272 g/mol. The summed E-state index contributed by atoms with van der Waals surface area (Å²) in [5.74, 6) is 0. The fourth-order valence-electron chi connectivity index (χ4n) is 1.05. The molecule has 0 bridgehead atoms. The van der Waals surface area contributed by atoms with Gasteiger partial charge in [-0.3, -0.25) is 0 Å². The molecule has 7 heteroatoms. The van der Waals surface area contributed by atoms with Crippen LogP contribution < -0.4 is 10.5 Å².